The number of quaternary nitrogens is 1. The van der Waals surface area contributed by atoms with Crippen LogP contribution in [0, 0.1) is 0 Å². The first-order valence-corrected chi connectivity index (χ1v) is 7.10. The molecule has 0 unspecified atom stereocenters. The van der Waals surface area contributed by atoms with Crippen LogP contribution in [-0.2, 0) is 9.53 Å². The van der Waals surface area contributed by atoms with E-state index >= 15 is 0 Å². The van der Waals surface area contributed by atoms with E-state index < -0.39 is 61.2 Å². The second-order valence-corrected chi connectivity index (χ2v) is 5.91. The average molecular weight is 343 g/mol. The predicted molar refractivity (Wildman–Crippen MR) is 67.7 cm³/mol. The Morgan fingerprint density at radius 3 is 2.43 bits per heavy atom. The van der Waals surface area contributed by atoms with Gasteiger partial charge in [-0.1, -0.05) is 0 Å². The molecule has 0 aromatic rings. The van der Waals surface area contributed by atoms with Gasteiger partial charge in [-0.05, 0) is 0 Å². The fourth-order valence-electron chi connectivity index (χ4n) is 2.77. The van der Waals surface area contributed by atoms with Crippen molar-refractivity contribution in [2.75, 3.05) is 19.7 Å². The van der Waals surface area contributed by atoms with Crippen molar-refractivity contribution < 1.29 is 49.6 Å². The normalized spacial score (nSPS) is 42.3. The number of hydrogen-bond donors (Lipinski definition) is 6. The van der Waals surface area contributed by atoms with Crippen molar-refractivity contribution in [2.45, 2.75) is 48.6 Å². The van der Waals surface area contributed by atoms with Crippen LogP contribution in [0.15, 0.2) is 0 Å². The van der Waals surface area contributed by atoms with Crippen LogP contribution in [0.4, 0.5) is 8.78 Å². The average Bonchev–Trinajstić information content (AvgIpc) is 2.80. The zero-order valence-corrected chi connectivity index (χ0v) is 12.2. The Balaban J connectivity index is 2.23. The first-order valence-electron chi connectivity index (χ1n) is 7.10. The van der Waals surface area contributed by atoms with Crippen LogP contribution >= 0.6 is 0 Å². The van der Waals surface area contributed by atoms with Crippen molar-refractivity contribution in [2.24, 2.45) is 0 Å². The molecule has 0 spiro atoms. The lowest BCUT2D eigenvalue weighted by Crippen LogP contribution is -2.73. The monoisotopic (exact) mass is 343 g/mol. The van der Waals surface area contributed by atoms with Gasteiger partial charge in [0, 0.05) is 13.0 Å². The van der Waals surface area contributed by atoms with Crippen molar-refractivity contribution in [1.29, 1.82) is 0 Å². The van der Waals surface area contributed by atoms with E-state index in [9.17, 15) is 34.0 Å². The lowest BCUT2D eigenvalue weighted by molar-refractivity contribution is -0.412. The Hall–Kier alpha value is -0.950. The lowest BCUT2D eigenvalue weighted by atomic mass is 9.88. The summed E-state index contributed by atoms with van der Waals surface area (Å²) in [6.07, 6.45) is -8.00. The minimum atomic E-state index is -4.17. The number of alkyl halides is 2. The fourth-order valence-corrected chi connectivity index (χ4v) is 2.77. The van der Waals surface area contributed by atoms with Crippen molar-refractivity contribution in [3.8, 4) is 0 Å². The van der Waals surface area contributed by atoms with Crippen LogP contribution < -0.4 is 5.73 Å². The van der Waals surface area contributed by atoms with Gasteiger partial charge in [0.1, 0.15) is 24.4 Å². The van der Waals surface area contributed by atoms with Crippen LogP contribution in [0.25, 0.3) is 0 Å². The summed E-state index contributed by atoms with van der Waals surface area (Å²) in [7, 11) is 0. The summed E-state index contributed by atoms with van der Waals surface area (Å²) in [4.78, 5) is 12.5. The molecule has 11 heteroatoms. The van der Waals surface area contributed by atoms with E-state index in [-0.39, 0.29) is 13.0 Å². The lowest BCUT2D eigenvalue weighted by Gasteiger charge is -2.48. The zero-order valence-electron chi connectivity index (χ0n) is 12.2. The second kappa shape index (κ2) is 6.16. The van der Waals surface area contributed by atoms with Crippen molar-refractivity contribution in [1.82, 2.24) is 4.90 Å². The third-order valence-corrected chi connectivity index (χ3v) is 4.29. The van der Waals surface area contributed by atoms with Gasteiger partial charge in [-0.25, -0.2) is 0 Å². The first-order chi connectivity index (χ1) is 10.5. The Morgan fingerprint density at radius 2 is 1.96 bits per heavy atom. The Kier molecular flexibility index (Phi) is 4.93. The SMILES string of the molecule is [NH3+][C@H]1CCN(CC(F)(F)[C@]2(O)O[C@H](CO)[C@H](O)[C@H](O)[C@H]2O)C1=O. The van der Waals surface area contributed by atoms with Crippen molar-refractivity contribution in [3.63, 3.8) is 0 Å². The molecule has 2 aliphatic heterocycles. The molecule has 23 heavy (non-hydrogen) atoms. The molecule has 2 aliphatic rings. The second-order valence-electron chi connectivity index (χ2n) is 5.91. The molecule has 0 aliphatic carbocycles. The molecule has 0 saturated carbocycles. The quantitative estimate of drug-likeness (QED) is 0.301. The largest absolute Gasteiger partial charge is 0.394 e. The fraction of sp³-hybridized carbons (Fsp3) is 0.917. The molecule has 2 saturated heterocycles. The summed E-state index contributed by atoms with van der Waals surface area (Å²) in [5, 5.41) is 48.0. The summed E-state index contributed by atoms with van der Waals surface area (Å²) in [6.45, 7) is -2.22. The summed E-state index contributed by atoms with van der Waals surface area (Å²) in [5.41, 5.74) is 3.51. The molecular formula is C12H21F2N2O7+. The van der Waals surface area contributed by atoms with Gasteiger partial charge < -0.3 is 40.9 Å². The van der Waals surface area contributed by atoms with E-state index in [4.69, 9.17) is 5.11 Å². The number of amides is 1. The third kappa shape index (κ3) is 2.93. The summed E-state index contributed by atoms with van der Waals surface area (Å²) >= 11 is 0. The van der Waals surface area contributed by atoms with Crippen LogP contribution in [0.3, 0.4) is 0 Å². The highest BCUT2D eigenvalue weighted by Crippen LogP contribution is 2.40. The molecule has 2 rings (SSSR count). The van der Waals surface area contributed by atoms with Gasteiger partial charge in [0.15, 0.2) is 6.04 Å². The Bertz CT molecular complexity index is 467. The Morgan fingerprint density at radius 1 is 1.35 bits per heavy atom. The minimum absolute atomic E-state index is 0.00335. The highest BCUT2D eigenvalue weighted by molar-refractivity contribution is 5.82. The van der Waals surface area contributed by atoms with Gasteiger partial charge in [0.2, 0.25) is 0 Å². The number of likely N-dealkylation sites (tertiary alicyclic amines) is 1. The highest BCUT2D eigenvalue weighted by atomic mass is 19.3. The van der Waals surface area contributed by atoms with Gasteiger partial charge in [-0.2, -0.15) is 8.78 Å². The molecule has 9 nitrogen and oxygen atoms in total. The van der Waals surface area contributed by atoms with Crippen LogP contribution in [0.1, 0.15) is 6.42 Å². The van der Waals surface area contributed by atoms with Crippen molar-refractivity contribution in [3.05, 3.63) is 0 Å². The maximum absolute atomic E-state index is 14.5. The third-order valence-electron chi connectivity index (χ3n) is 4.29. The van der Waals surface area contributed by atoms with Gasteiger partial charge in [-0.15, -0.1) is 0 Å². The molecule has 1 amide bonds. The van der Waals surface area contributed by atoms with E-state index in [1.165, 1.54) is 0 Å². The maximum Gasteiger partial charge on any atom is 0.320 e. The van der Waals surface area contributed by atoms with E-state index in [1.54, 1.807) is 0 Å². The summed E-state index contributed by atoms with van der Waals surface area (Å²) in [6, 6.07) is -0.671. The molecule has 0 radical (unpaired) electrons. The number of carbonyl (C=O) groups is 1. The van der Waals surface area contributed by atoms with Gasteiger partial charge in [0.25, 0.3) is 11.7 Å². The number of halogens is 2. The molecule has 8 N–H and O–H groups in total. The zero-order chi connectivity index (χ0) is 17.6. The number of ether oxygens (including phenoxy) is 1. The highest BCUT2D eigenvalue weighted by Gasteiger charge is 2.66. The Labute approximate surface area is 129 Å². The van der Waals surface area contributed by atoms with E-state index in [0.717, 1.165) is 4.90 Å². The van der Waals surface area contributed by atoms with Gasteiger partial charge in [0.05, 0.1) is 13.2 Å². The number of aliphatic hydroxyl groups is 5. The minimum Gasteiger partial charge on any atom is -0.394 e. The number of hydrogen-bond acceptors (Lipinski definition) is 7. The maximum atomic E-state index is 14.5. The van der Waals surface area contributed by atoms with Gasteiger partial charge in [-0.3, -0.25) is 4.79 Å². The number of nitrogens with zero attached hydrogens (tertiary/aromatic N) is 1. The van der Waals surface area contributed by atoms with Crippen LogP contribution in [-0.4, -0.2) is 98.2 Å². The molecule has 0 aromatic heterocycles. The van der Waals surface area contributed by atoms with E-state index in [2.05, 4.69) is 10.5 Å². The number of rotatable bonds is 4. The summed E-state index contributed by atoms with van der Waals surface area (Å²) < 4.78 is 33.6. The molecule has 0 bridgehead atoms. The number of aliphatic hydroxyl groups excluding tert-OH is 4. The van der Waals surface area contributed by atoms with E-state index in [0.29, 0.717) is 0 Å². The summed E-state index contributed by atoms with van der Waals surface area (Å²) in [5.74, 6) is -8.36. The topological polar surface area (TPSA) is 158 Å². The molecular weight excluding hydrogens is 322 g/mol. The molecule has 2 heterocycles. The molecule has 0 aromatic carbocycles. The molecule has 2 fully saturated rings. The standard InChI is InChI=1S/C12H20F2N2O7/c13-11(14,4-16-2-1-5(15)10(16)21)12(22)9(20)8(19)7(18)6(3-17)23-12/h5-9,17-20,22H,1-4,15H2/p+1/t5-,6+,7-,8-,9+,12+/m0/s1. The number of carbonyl (C=O) groups excluding carboxylic acids is 1. The van der Waals surface area contributed by atoms with Crippen LogP contribution in [0.2, 0.25) is 0 Å². The molecule has 134 valence electrons. The smallest absolute Gasteiger partial charge is 0.320 e. The van der Waals surface area contributed by atoms with Crippen molar-refractivity contribution >= 4 is 5.91 Å². The molecule has 6 atom stereocenters. The first kappa shape index (κ1) is 18.4. The van der Waals surface area contributed by atoms with Crippen LogP contribution in [0.5, 0.6) is 0 Å². The predicted octanol–water partition coefficient (Wildman–Crippen LogP) is -4.37. The van der Waals surface area contributed by atoms with E-state index in [1.807, 2.05) is 0 Å². The van der Waals surface area contributed by atoms with Gasteiger partial charge >= 0.3 is 5.92 Å².